The zero-order chi connectivity index (χ0) is 58.9. The summed E-state index contributed by atoms with van der Waals surface area (Å²) in [5, 5.41) is 0. The fourth-order valence-electron chi connectivity index (χ4n) is 8.25. The quantitative estimate of drug-likeness (QED) is 0.0316. The van der Waals surface area contributed by atoms with E-state index in [2.05, 4.69) is 9.78 Å². The van der Waals surface area contributed by atoms with Gasteiger partial charge in [-0.05, 0) is 106 Å². The highest BCUT2D eigenvalue weighted by Crippen LogP contribution is 2.27. The van der Waals surface area contributed by atoms with Gasteiger partial charge in [0.15, 0.2) is 0 Å². The largest absolute Gasteiger partial charge is 0.549 e. The van der Waals surface area contributed by atoms with Crippen LogP contribution in [0, 0.1) is 11.8 Å². The molecule has 2 unspecified atom stereocenters. The van der Waals surface area contributed by atoms with Crippen molar-refractivity contribution in [1.29, 1.82) is 0 Å². The number of ether oxygens (including phenoxy) is 4. The van der Waals surface area contributed by atoms with Gasteiger partial charge in [-0.2, -0.15) is 19.2 Å². The smallest absolute Gasteiger partial charge is 0.432 e. The molecule has 0 saturated heterocycles. The summed E-state index contributed by atoms with van der Waals surface area (Å²) in [5.41, 5.74) is 6.06. The Morgan fingerprint density at radius 1 is 0.250 bits per heavy atom. The first-order valence-corrected chi connectivity index (χ1v) is 25.8. The molecule has 0 radical (unpaired) electrons. The van der Waals surface area contributed by atoms with Gasteiger partial charge < -0.3 is 18.9 Å². The van der Waals surface area contributed by atoms with Gasteiger partial charge in [-0.1, -0.05) is 170 Å². The Morgan fingerprint density at radius 3 is 0.726 bits per heavy atom. The summed E-state index contributed by atoms with van der Waals surface area (Å²) in [7, 11) is 0. The second kappa shape index (κ2) is 30.3. The van der Waals surface area contributed by atoms with Crippen molar-refractivity contribution in [2.45, 2.75) is 12.8 Å². The number of hydrogen-bond donors (Lipinski definition) is 0. The number of carbonyl (C=O) groups is 8. The van der Waals surface area contributed by atoms with Crippen LogP contribution in [0.5, 0.6) is 0 Å². The standard InChI is InChI=1S/C64H50O20/c65-57(51-29-13-25-47(37-51)43-17-5-1-6-18-43)77-81-61(69)73-35-33-55(41-75-63(71)83-79-59(67)53-31-15-27-49(39-53)45-21-9-3-10-22-45)56(42-76-64(72)84-80-60(68)54-32-16-28-50(40-54)46-23-11-4-12-24-46)34-36-74-62(70)82-78-58(66)52-30-14-26-48(38-52)44-19-7-2-8-20-44/h1-32,37-40,55-56H,33-36,41-42H2. The zero-order valence-electron chi connectivity index (χ0n) is 44.3. The minimum absolute atomic E-state index is 0.0264. The Kier molecular flexibility index (Phi) is 21.3. The van der Waals surface area contributed by atoms with Gasteiger partial charge in [-0.25, -0.2) is 58.3 Å². The molecular weight excluding hydrogens is 1090 g/mol. The lowest BCUT2D eigenvalue weighted by Gasteiger charge is -2.25. The molecule has 0 aromatic heterocycles. The van der Waals surface area contributed by atoms with E-state index in [4.69, 9.17) is 48.3 Å². The van der Waals surface area contributed by atoms with Crippen molar-refractivity contribution in [1.82, 2.24) is 0 Å². The van der Waals surface area contributed by atoms with E-state index in [1.807, 2.05) is 121 Å². The fraction of sp³-hybridized carbons (Fsp3) is 0.125. The molecule has 0 bridgehead atoms. The van der Waals surface area contributed by atoms with Crippen molar-refractivity contribution in [2.24, 2.45) is 11.8 Å². The summed E-state index contributed by atoms with van der Waals surface area (Å²) in [5.74, 6) is -6.31. The summed E-state index contributed by atoms with van der Waals surface area (Å²) in [4.78, 5) is 141. The lowest BCUT2D eigenvalue weighted by Crippen LogP contribution is -2.30. The van der Waals surface area contributed by atoms with Crippen LogP contribution in [0.4, 0.5) is 19.2 Å². The lowest BCUT2D eigenvalue weighted by molar-refractivity contribution is -0.208. The lowest BCUT2D eigenvalue weighted by atomic mass is 9.88. The maximum absolute atomic E-state index is 13.0. The maximum atomic E-state index is 13.0. The van der Waals surface area contributed by atoms with E-state index in [0.717, 1.165) is 22.3 Å². The van der Waals surface area contributed by atoms with Crippen molar-refractivity contribution < 1.29 is 96.4 Å². The van der Waals surface area contributed by atoms with Crippen molar-refractivity contribution in [3.8, 4) is 44.5 Å². The summed E-state index contributed by atoms with van der Waals surface area (Å²) in [6.07, 6.45) is -6.53. The first-order valence-electron chi connectivity index (χ1n) is 25.8. The summed E-state index contributed by atoms with van der Waals surface area (Å²) in [6.45, 7) is -2.43. The molecule has 8 aromatic carbocycles. The van der Waals surface area contributed by atoms with E-state index in [9.17, 15) is 38.4 Å². The number of rotatable bonds is 19. The summed E-state index contributed by atoms with van der Waals surface area (Å²) in [6, 6.07) is 61.9. The van der Waals surface area contributed by atoms with Gasteiger partial charge >= 0.3 is 48.5 Å². The Hall–Kier alpha value is -11.3. The van der Waals surface area contributed by atoms with Crippen LogP contribution in [0.3, 0.4) is 0 Å². The monoisotopic (exact) mass is 1140 g/mol. The van der Waals surface area contributed by atoms with Crippen LogP contribution in [0.25, 0.3) is 44.5 Å². The summed E-state index contributed by atoms with van der Waals surface area (Å²) < 4.78 is 21.0. The van der Waals surface area contributed by atoms with Crippen LogP contribution in [0.15, 0.2) is 218 Å². The molecule has 20 heteroatoms. The molecule has 8 aromatic rings. The number of carbonyl (C=O) groups excluding carboxylic acids is 8. The van der Waals surface area contributed by atoms with Crippen LogP contribution in [-0.4, -0.2) is 74.9 Å². The predicted octanol–water partition coefficient (Wildman–Crippen LogP) is 13.4. The van der Waals surface area contributed by atoms with Gasteiger partial charge in [0.2, 0.25) is 0 Å². The summed E-state index contributed by atoms with van der Waals surface area (Å²) >= 11 is 0. The maximum Gasteiger partial charge on any atom is 0.549 e. The highest BCUT2D eigenvalue weighted by molar-refractivity contribution is 5.93. The predicted molar refractivity (Wildman–Crippen MR) is 295 cm³/mol. The molecule has 0 N–H and O–H groups in total. The van der Waals surface area contributed by atoms with Gasteiger partial charge in [0.25, 0.3) is 0 Å². The van der Waals surface area contributed by atoms with Crippen LogP contribution in [-0.2, 0) is 58.0 Å². The average Bonchev–Trinajstić information content (AvgIpc) is 3.75. The number of benzene rings is 8. The van der Waals surface area contributed by atoms with E-state index in [-0.39, 0.29) is 35.1 Å². The minimum atomic E-state index is -1.52. The number of hydrogen-bond acceptors (Lipinski definition) is 20. The third-order valence-electron chi connectivity index (χ3n) is 12.5. The van der Waals surface area contributed by atoms with Crippen LogP contribution in [0.1, 0.15) is 54.3 Å². The molecule has 0 aliphatic heterocycles. The first kappa shape index (κ1) is 58.9. The van der Waals surface area contributed by atoms with Gasteiger partial charge in [0.1, 0.15) is 0 Å². The molecule has 2 atom stereocenters. The van der Waals surface area contributed by atoms with E-state index in [0.29, 0.717) is 22.3 Å². The SMILES string of the molecule is O=C(OCCC(COC(=O)OOC(=O)c1cccc(-c2ccccc2)c1)C(CCOC(=O)OOC(=O)c1cccc(-c2ccccc2)c1)COC(=O)OOC(=O)c1cccc(-c2ccccc2)c1)OOC(=O)c1cccc(-c2ccccc2)c1. The molecule has 0 amide bonds. The molecule has 0 spiro atoms. The fourth-order valence-corrected chi connectivity index (χ4v) is 8.25. The van der Waals surface area contributed by atoms with E-state index >= 15 is 0 Å². The minimum Gasteiger partial charge on any atom is -0.432 e. The molecular formula is C64H50O20. The van der Waals surface area contributed by atoms with E-state index in [1.165, 1.54) is 48.5 Å². The molecule has 0 fully saturated rings. The van der Waals surface area contributed by atoms with Crippen molar-refractivity contribution >= 4 is 48.5 Å². The molecule has 426 valence electrons. The normalized spacial score (nSPS) is 11.2. The molecule has 84 heavy (non-hydrogen) atoms. The van der Waals surface area contributed by atoms with Crippen molar-refractivity contribution in [3.05, 3.63) is 241 Å². The van der Waals surface area contributed by atoms with Crippen molar-refractivity contribution in [2.75, 3.05) is 26.4 Å². The van der Waals surface area contributed by atoms with E-state index < -0.39 is 86.8 Å². The van der Waals surface area contributed by atoms with Crippen LogP contribution in [0.2, 0.25) is 0 Å². The van der Waals surface area contributed by atoms with Crippen LogP contribution >= 0.6 is 0 Å². The highest BCUT2D eigenvalue weighted by Gasteiger charge is 2.29. The van der Waals surface area contributed by atoms with Gasteiger partial charge in [-0.3, -0.25) is 0 Å². The van der Waals surface area contributed by atoms with Gasteiger partial charge in [0.05, 0.1) is 48.7 Å². The Labute approximate surface area is 479 Å². The molecule has 0 heterocycles. The zero-order valence-corrected chi connectivity index (χ0v) is 44.3. The molecule has 0 aliphatic rings. The van der Waals surface area contributed by atoms with E-state index in [1.54, 1.807) is 48.5 Å². The average molecular weight is 1140 g/mol. The Morgan fingerprint density at radius 2 is 0.476 bits per heavy atom. The topological polar surface area (TPSA) is 247 Å². The van der Waals surface area contributed by atoms with Crippen LogP contribution < -0.4 is 0 Å². The Balaban J connectivity index is 0.927. The first-order chi connectivity index (χ1) is 40.9. The van der Waals surface area contributed by atoms with Crippen molar-refractivity contribution in [3.63, 3.8) is 0 Å². The molecule has 0 saturated carbocycles. The third-order valence-corrected chi connectivity index (χ3v) is 12.5. The second-order valence-corrected chi connectivity index (χ2v) is 18.0. The highest BCUT2D eigenvalue weighted by atomic mass is 17.3. The molecule has 8 rings (SSSR count). The van der Waals surface area contributed by atoms with Gasteiger partial charge in [0, 0.05) is 11.8 Å². The Bertz CT molecular complexity index is 3300. The van der Waals surface area contributed by atoms with Gasteiger partial charge in [-0.15, -0.1) is 0 Å². The second-order valence-electron chi connectivity index (χ2n) is 18.0. The molecule has 0 aliphatic carbocycles. The third kappa shape index (κ3) is 17.9. The molecule has 20 nitrogen and oxygen atoms in total.